The normalized spacial score (nSPS) is 41.1. The third-order valence-corrected chi connectivity index (χ3v) is 5.85. The zero-order valence-corrected chi connectivity index (χ0v) is 13.0. The number of alkyl halides is 1. The minimum atomic E-state index is 0.165. The van der Waals surface area contributed by atoms with Gasteiger partial charge in [-0.1, -0.05) is 42.0 Å². The summed E-state index contributed by atoms with van der Waals surface area (Å²) < 4.78 is 1.17. The second kappa shape index (κ2) is 4.56. The summed E-state index contributed by atoms with van der Waals surface area (Å²) in [6.07, 6.45) is 5.87. The fourth-order valence-electron chi connectivity index (χ4n) is 3.96. The van der Waals surface area contributed by atoms with E-state index in [1.54, 1.807) is 6.92 Å². The van der Waals surface area contributed by atoms with Crippen molar-refractivity contribution < 1.29 is 4.79 Å². The molecule has 2 nitrogen and oxygen atoms in total. The fraction of sp³-hybridized carbons (Fsp3) is 0.786. The Morgan fingerprint density at radius 3 is 2.76 bits per heavy atom. The minimum Gasteiger partial charge on any atom is -0.342 e. The number of hydrogen-bond acceptors (Lipinski definition) is 1. The monoisotopic (exact) mass is 347 g/mol. The smallest absolute Gasteiger partial charge is 0.219 e. The molecule has 2 bridgehead atoms. The number of piperidine rings is 1. The molecule has 1 saturated carbocycles. The van der Waals surface area contributed by atoms with Gasteiger partial charge in [0, 0.05) is 29.9 Å². The molecule has 0 radical (unpaired) electrons. The standard InChI is InChI=1S/C14H22INO/c1-4-14-7-5-6-13(3,12(14)8-15)9-16(10-14)11(2)17/h4,12H,1,5-10H2,2-3H3. The predicted molar refractivity (Wildman–Crippen MR) is 79.2 cm³/mol. The molecule has 17 heavy (non-hydrogen) atoms. The first-order valence-corrected chi connectivity index (χ1v) is 7.95. The van der Waals surface area contributed by atoms with Gasteiger partial charge in [-0.3, -0.25) is 4.79 Å². The molecule has 1 aliphatic heterocycles. The van der Waals surface area contributed by atoms with Gasteiger partial charge in [0.2, 0.25) is 5.91 Å². The lowest BCUT2D eigenvalue weighted by Crippen LogP contribution is -2.61. The lowest BCUT2D eigenvalue weighted by atomic mass is 9.53. The molecule has 0 N–H and O–H groups in total. The lowest BCUT2D eigenvalue weighted by Gasteiger charge is -2.59. The average Bonchev–Trinajstić information content (AvgIpc) is 2.26. The molecule has 0 aromatic rings. The number of likely N-dealkylation sites (tertiary alicyclic amines) is 1. The number of carbonyl (C=O) groups is 1. The fourth-order valence-corrected chi connectivity index (χ4v) is 5.90. The van der Waals surface area contributed by atoms with Crippen molar-refractivity contribution in [2.75, 3.05) is 17.5 Å². The van der Waals surface area contributed by atoms with Crippen molar-refractivity contribution in [3.05, 3.63) is 12.7 Å². The summed E-state index contributed by atoms with van der Waals surface area (Å²) in [6.45, 7) is 9.96. The van der Waals surface area contributed by atoms with E-state index >= 15 is 0 Å². The second-order valence-corrected chi connectivity index (χ2v) is 6.91. The van der Waals surface area contributed by atoms with Crippen LogP contribution in [0.1, 0.15) is 33.1 Å². The van der Waals surface area contributed by atoms with Crippen molar-refractivity contribution in [3.63, 3.8) is 0 Å². The van der Waals surface area contributed by atoms with Crippen LogP contribution >= 0.6 is 22.6 Å². The van der Waals surface area contributed by atoms with Gasteiger partial charge in [-0.2, -0.15) is 0 Å². The van der Waals surface area contributed by atoms with Crippen LogP contribution in [0.5, 0.6) is 0 Å². The van der Waals surface area contributed by atoms with Crippen LogP contribution in [0.25, 0.3) is 0 Å². The Labute approximate surface area is 118 Å². The topological polar surface area (TPSA) is 20.3 Å². The van der Waals surface area contributed by atoms with Crippen LogP contribution < -0.4 is 0 Å². The van der Waals surface area contributed by atoms with E-state index < -0.39 is 0 Å². The second-order valence-electron chi connectivity index (χ2n) is 6.03. The summed E-state index contributed by atoms with van der Waals surface area (Å²) >= 11 is 2.51. The van der Waals surface area contributed by atoms with Gasteiger partial charge < -0.3 is 4.90 Å². The molecule has 1 aliphatic carbocycles. The number of halogens is 1. The maximum Gasteiger partial charge on any atom is 0.219 e. The molecule has 1 saturated heterocycles. The molecule has 3 heteroatoms. The SMILES string of the molecule is C=CC12CCCC(C)(CN(C(C)=O)C1)C2CI. The quantitative estimate of drug-likeness (QED) is 0.427. The van der Waals surface area contributed by atoms with Crippen LogP contribution in [-0.2, 0) is 4.79 Å². The van der Waals surface area contributed by atoms with E-state index in [0.29, 0.717) is 5.92 Å². The molecule has 2 aliphatic rings. The van der Waals surface area contributed by atoms with Gasteiger partial charge in [0.25, 0.3) is 0 Å². The summed E-state index contributed by atoms with van der Waals surface area (Å²) in [7, 11) is 0. The summed E-state index contributed by atoms with van der Waals surface area (Å²) in [6, 6.07) is 0. The molecule has 3 atom stereocenters. The maximum atomic E-state index is 11.7. The Hall–Kier alpha value is -0.0600. The summed E-state index contributed by atoms with van der Waals surface area (Å²) in [5, 5.41) is 0. The van der Waals surface area contributed by atoms with Crippen molar-refractivity contribution in [3.8, 4) is 0 Å². The highest BCUT2D eigenvalue weighted by Crippen LogP contribution is 2.56. The zero-order chi connectivity index (χ0) is 12.7. The third-order valence-electron chi connectivity index (χ3n) is 4.97. The van der Waals surface area contributed by atoms with Gasteiger partial charge in [0.05, 0.1) is 0 Å². The molecule has 3 unspecified atom stereocenters. The number of nitrogens with zero attached hydrogens (tertiary/aromatic N) is 1. The number of hydrogen-bond donors (Lipinski definition) is 0. The average molecular weight is 347 g/mol. The Kier molecular flexibility index (Phi) is 3.59. The lowest BCUT2D eigenvalue weighted by molar-refractivity contribution is -0.143. The van der Waals surface area contributed by atoms with E-state index in [2.05, 4.69) is 42.2 Å². The highest BCUT2D eigenvalue weighted by molar-refractivity contribution is 14.1. The Morgan fingerprint density at radius 2 is 2.24 bits per heavy atom. The van der Waals surface area contributed by atoms with Crippen molar-refractivity contribution in [1.29, 1.82) is 0 Å². The molecule has 1 heterocycles. The van der Waals surface area contributed by atoms with E-state index in [0.717, 1.165) is 13.1 Å². The first-order chi connectivity index (χ1) is 7.97. The van der Waals surface area contributed by atoms with E-state index in [-0.39, 0.29) is 16.7 Å². The number of fused-ring (bicyclic) bond motifs is 2. The molecule has 2 fully saturated rings. The van der Waals surface area contributed by atoms with Gasteiger partial charge in [0.15, 0.2) is 0 Å². The Balaban J connectivity index is 2.39. The van der Waals surface area contributed by atoms with Gasteiger partial charge in [-0.05, 0) is 24.2 Å². The predicted octanol–water partition coefficient (Wildman–Crippen LogP) is 3.26. The number of rotatable bonds is 2. The van der Waals surface area contributed by atoms with Crippen molar-refractivity contribution >= 4 is 28.5 Å². The highest BCUT2D eigenvalue weighted by atomic mass is 127. The number of carbonyl (C=O) groups excluding carboxylic acids is 1. The largest absolute Gasteiger partial charge is 0.342 e. The highest BCUT2D eigenvalue weighted by Gasteiger charge is 2.54. The van der Waals surface area contributed by atoms with Crippen molar-refractivity contribution in [2.45, 2.75) is 33.1 Å². The van der Waals surface area contributed by atoms with Crippen LogP contribution in [0.3, 0.4) is 0 Å². The van der Waals surface area contributed by atoms with Crippen molar-refractivity contribution in [2.24, 2.45) is 16.7 Å². The van der Waals surface area contributed by atoms with Gasteiger partial charge in [0.1, 0.15) is 0 Å². The summed E-state index contributed by atoms with van der Waals surface area (Å²) in [5.74, 6) is 0.897. The van der Waals surface area contributed by atoms with Gasteiger partial charge in [-0.15, -0.1) is 6.58 Å². The van der Waals surface area contributed by atoms with Crippen LogP contribution in [0, 0.1) is 16.7 Å². The van der Waals surface area contributed by atoms with E-state index in [9.17, 15) is 4.79 Å². The molecule has 0 aromatic heterocycles. The van der Waals surface area contributed by atoms with Crippen LogP contribution in [-0.4, -0.2) is 28.3 Å². The summed E-state index contributed by atoms with van der Waals surface area (Å²) in [4.78, 5) is 13.8. The first kappa shape index (κ1) is 13.4. The van der Waals surface area contributed by atoms with Crippen molar-refractivity contribution in [1.82, 2.24) is 4.90 Å². The van der Waals surface area contributed by atoms with E-state index in [4.69, 9.17) is 0 Å². The number of amides is 1. The third kappa shape index (κ3) is 2.04. The summed E-state index contributed by atoms with van der Waals surface area (Å²) in [5.41, 5.74) is 0.454. The Morgan fingerprint density at radius 1 is 1.53 bits per heavy atom. The van der Waals surface area contributed by atoms with E-state index in [1.165, 1.54) is 23.7 Å². The van der Waals surface area contributed by atoms with Crippen LogP contribution in [0.2, 0.25) is 0 Å². The molecule has 0 spiro atoms. The zero-order valence-electron chi connectivity index (χ0n) is 10.8. The molecular formula is C14H22INO. The molecular weight excluding hydrogens is 325 g/mol. The molecule has 0 aromatic carbocycles. The molecule has 1 amide bonds. The molecule has 96 valence electrons. The minimum absolute atomic E-state index is 0.165. The van der Waals surface area contributed by atoms with Crippen LogP contribution in [0.4, 0.5) is 0 Å². The van der Waals surface area contributed by atoms with Crippen LogP contribution in [0.15, 0.2) is 12.7 Å². The van der Waals surface area contributed by atoms with E-state index in [1.807, 2.05) is 4.90 Å². The van der Waals surface area contributed by atoms with Gasteiger partial charge in [-0.25, -0.2) is 0 Å². The first-order valence-electron chi connectivity index (χ1n) is 6.42. The maximum absolute atomic E-state index is 11.7. The Bertz CT molecular complexity index is 343. The molecule has 2 rings (SSSR count). The van der Waals surface area contributed by atoms with Gasteiger partial charge >= 0.3 is 0 Å².